The third kappa shape index (κ3) is 3.09. The second-order valence-electron chi connectivity index (χ2n) is 3.83. The predicted octanol–water partition coefficient (Wildman–Crippen LogP) is 4.07. The average molecular weight is 152 g/mol. The minimum absolute atomic E-state index is 1.35. The van der Waals surface area contributed by atoms with E-state index >= 15 is 0 Å². The Bertz CT molecular complexity index is 126. The number of hydrogen-bond acceptors (Lipinski definition) is 0. The Kier molecular flexibility index (Phi) is 3.68. The van der Waals surface area contributed by atoms with E-state index in [0.717, 1.165) is 0 Å². The van der Waals surface area contributed by atoms with E-state index in [9.17, 15) is 0 Å². The van der Waals surface area contributed by atoms with Crippen molar-refractivity contribution in [3.05, 3.63) is 11.1 Å². The van der Waals surface area contributed by atoms with E-state index in [1.807, 2.05) is 0 Å². The molecule has 0 aliphatic heterocycles. The molecule has 64 valence electrons. The minimum Gasteiger partial charge on any atom is -0.0744 e. The van der Waals surface area contributed by atoms with Gasteiger partial charge in [-0.1, -0.05) is 30.4 Å². The van der Waals surface area contributed by atoms with Gasteiger partial charge in [-0.15, -0.1) is 0 Å². The summed E-state index contributed by atoms with van der Waals surface area (Å²) in [5, 5.41) is 0. The SMILES string of the molecule is CC1=C(C)CCCCCCC1. The number of rotatable bonds is 0. The van der Waals surface area contributed by atoms with Crippen LogP contribution in [-0.4, -0.2) is 0 Å². The highest BCUT2D eigenvalue weighted by Crippen LogP contribution is 2.21. The lowest BCUT2D eigenvalue weighted by atomic mass is 10.0. The molecular weight excluding hydrogens is 132 g/mol. The maximum atomic E-state index is 2.31. The van der Waals surface area contributed by atoms with Crippen LogP contribution in [0.25, 0.3) is 0 Å². The van der Waals surface area contributed by atoms with Crippen molar-refractivity contribution in [2.45, 2.75) is 58.8 Å². The first-order chi connectivity index (χ1) is 5.30. The van der Waals surface area contributed by atoms with E-state index in [0.29, 0.717) is 0 Å². The van der Waals surface area contributed by atoms with Crippen LogP contribution in [0, 0.1) is 0 Å². The van der Waals surface area contributed by atoms with Gasteiger partial charge < -0.3 is 0 Å². The Hall–Kier alpha value is -0.260. The highest BCUT2D eigenvalue weighted by molar-refractivity contribution is 5.09. The van der Waals surface area contributed by atoms with Crippen LogP contribution in [0.2, 0.25) is 0 Å². The second-order valence-corrected chi connectivity index (χ2v) is 3.83. The first-order valence-corrected chi connectivity index (χ1v) is 4.96. The van der Waals surface area contributed by atoms with Crippen molar-refractivity contribution in [3.8, 4) is 0 Å². The first kappa shape index (κ1) is 8.83. The maximum Gasteiger partial charge on any atom is -0.0320 e. The van der Waals surface area contributed by atoms with E-state index < -0.39 is 0 Å². The van der Waals surface area contributed by atoms with Crippen LogP contribution in [0.1, 0.15) is 58.8 Å². The van der Waals surface area contributed by atoms with E-state index in [1.165, 1.54) is 44.9 Å². The third-order valence-electron chi connectivity index (χ3n) is 2.83. The smallest absolute Gasteiger partial charge is 0.0320 e. The molecule has 0 spiro atoms. The van der Waals surface area contributed by atoms with Crippen LogP contribution in [0.15, 0.2) is 11.1 Å². The fourth-order valence-corrected chi connectivity index (χ4v) is 1.74. The van der Waals surface area contributed by atoms with E-state index in [4.69, 9.17) is 0 Å². The van der Waals surface area contributed by atoms with Crippen molar-refractivity contribution < 1.29 is 0 Å². The monoisotopic (exact) mass is 152 g/mol. The Morgan fingerprint density at radius 2 is 1.00 bits per heavy atom. The molecule has 0 unspecified atom stereocenters. The predicted molar refractivity (Wildman–Crippen MR) is 50.7 cm³/mol. The summed E-state index contributed by atoms with van der Waals surface area (Å²) in [6.07, 6.45) is 9.90. The van der Waals surface area contributed by atoms with E-state index in [-0.39, 0.29) is 0 Å². The second kappa shape index (κ2) is 4.58. The summed E-state index contributed by atoms with van der Waals surface area (Å²) < 4.78 is 0. The molecule has 0 heteroatoms. The van der Waals surface area contributed by atoms with Crippen molar-refractivity contribution in [1.29, 1.82) is 0 Å². The fraction of sp³-hybridized carbons (Fsp3) is 0.818. The summed E-state index contributed by atoms with van der Waals surface area (Å²) >= 11 is 0. The van der Waals surface area contributed by atoms with Crippen LogP contribution >= 0.6 is 0 Å². The Morgan fingerprint density at radius 3 is 1.45 bits per heavy atom. The van der Waals surface area contributed by atoms with Gasteiger partial charge in [-0.25, -0.2) is 0 Å². The Labute approximate surface area is 70.7 Å². The summed E-state index contributed by atoms with van der Waals surface area (Å²) in [6.45, 7) is 4.61. The van der Waals surface area contributed by atoms with Crippen molar-refractivity contribution in [2.75, 3.05) is 0 Å². The molecule has 0 atom stereocenters. The van der Waals surface area contributed by atoms with Gasteiger partial charge in [-0.2, -0.15) is 0 Å². The number of allylic oxidation sites excluding steroid dienone is 2. The molecule has 0 saturated heterocycles. The molecule has 0 N–H and O–H groups in total. The highest BCUT2D eigenvalue weighted by atomic mass is 14.1. The van der Waals surface area contributed by atoms with Crippen molar-refractivity contribution in [2.24, 2.45) is 0 Å². The summed E-state index contributed by atoms with van der Waals surface area (Å²) in [7, 11) is 0. The van der Waals surface area contributed by atoms with Crippen LogP contribution in [0.5, 0.6) is 0 Å². The van der Waals surface area contributed by atoms with Gasteiger partial charge in [0.25, 0.3) is 0 Å². The molecule has 11 heavy (non-hydrogen) atoms. The summed E-state index contributed by atoms with van der Waals surface area (Å²) in [4.78, 5) is 0. The summed E-state index contributed by atoms with van der Waals surface area (Å²) in [6, 6.07) is 0. The molecule has 0 aromatic heterocycles. The minimum atomic E-state index is 1.35. The quantitative estimate of drug-likeness (QED) is 0.459. The van der Waals surface area contributed by atoms with Crippen molar-refractivity contribution in [3.63, 3.8) is 0 Å². The molecule has 0 nitrogen and oxygen atoms in total. The molecule has 0 saturated carbocycles. The lowest BCUT2D eigenvalue weighted by molar-refractivity contribution is 0.627. The van der Waals surface area contributed by atoms with Crippen LogP contribution in [-0.2, 0) is 0 Å². The Balaban J connectivity index is 2.47. The zero-order chi connectivity index (χ0) is 8.10. The Morgan fingerprint density at radius 1 is 0.636 bits per heavy atom. The van der Waals surface area contributed by atoms with Gasteiger partial charge in [0.15, 0.2) is 0 Å². The molecular formula is C11H20. The normalized spacial score (nSPS) is 22.4. The van der Waals surface area contributed by atoms with Gasteiger partial charge >= 0.3 is 0 Å². The van der Waals surface area contributed by atoms with E-state index in [1.54, 1.807) is 11.1 Å². The zero-order valence-corrected chi connectivity index (χ0v) is 7.95. The molecule has 0 fully saturated rings. The molecule has 0 bridgehead atoms. The standard InChI is InChI=1S/C11H20/c1-10-8-6-4-3-5-7-9-11(10)2/h3-9H2,1-2H3. The molecule has 1 aliphatic carbocycles. The maximum absolute atomic E-state index is 2.31. The molecule has 1 aliphatic rings. The molecule has 0 amide bonds. The third-order valence-corrected chi connectivity index (χ3v) is 2.83. The largest absolute Gasteiger partial charge is 0.0744 e. The molecule has 1 rings (SSSR count). The molecule has 0 aromatic rings. The molecule has 0 heterocycles. The van der Waals surface area contributed by atoms with Gasteiger partial charge in [-0.05, 0) is 39.5 Å². The zero-order valence-electron chi connectivity index (χ0n) is 7.95. The molecule has 0 aromatic carbocycles. The van der Waals surface area contributed by atoms with Crippen molar-refractivity contribution >= 4 is 0 Å². The van der Waals surface area contributed by atoms with Crippen LogP contribution in [0.3, 0.4) is 0 Å². The summed E-state index contributed by atoms with van der Waals surface area (Å²) in [5.41, 5.74) is 3.32. The van der Waals surface area contributed by atoms with Crippen LogP contribution in [0.4, 0.5) is 0 Å². The van der Waals surface area contributed by atoms with Gasteiger partial charge in [-0.3, -0.25) is 0 Å². The molecule has 0 radical (unpaired) electrons. The summed E-state index contributed by atoms with van der Waals surface area (Å²) in [5.74, 6) is 0. The average Bonchev–Trinajstić information content (AvgIpc) is 2.07. The van der Waals surface area contributed by atoms with Gasteiger partial charge in [0.05, 0.1) is 0 Å². The van der Waals surface area contributed by atoms with Gasteiger partial charge in [0.1, 0.15) is 0 Å². The number of hydrogen-bond donors (Lipinski definition) is 0. The van der Waals surface area contributed by atoms with Gasteiger partial charge in [0.2, 0.25) is 0 Å². The fourth-order valence-electron chi connectivity index (χ4n) is 1.74. The lowest BCUT2D eigenvalue weighted by Crippen LogP contribution is -1.83. The first-order valence-electron chi connectivity index (χ1n) is 4.96. The van der Waals surface area contributed by atoms with Crippen LogP contribution < -0.4 is 0 Å². The lowest BCUT2D eigenvalue weighted by Gasteiger charge is -2.03. The van der Waals surface area contributed by atoms with Gasteiger partial charge in [0, 0.05) is 0 Å². The van der Waals surface area contributed by atoms with Crippen molar-refractivity contribution in [1.82, 2.24) is 0 Å². The topological polar surface area (TPSA) is 0 Å². The van der Waals surface area contributed by atoms with E-state index in [2.05, 4.69) is 13.8 Å². The highest BCUT2D eigenvalue weighted by Gasteiger charge is 2.01.